The van der Waals surface area contributed by atoms with Crippen LogP contribution < -0.4 is 10.2 Å². The van der Waals surface area contributed by atoms with Crippen LogP contribution in [-0.4, -0.2) is 38.6 Å². The fourth-order valence-corrected chi connectivity index (χ4v) is 5.08. The first-order valence-corrected chi connectivity index (χ1v) is 11.8. The first-order valence-electron chi connectivity index (χ1n) is 9.84. The zero-order valence-electron chi connectivity index (χ0n) is 17.0. The third-order valence-electron chi connectivity index (χ3n) is 5.31. The van der Waals surface area contributed by atoms with Gasteiger partial charge in [0.15, 0.2) is 9.84 Å². The fourth-order valence-electron chi connectivity index (χ4n) is 3.55. The van der Waals surface area contributed by atoms with Gasteiger partial charge in [-0.3, -0.25) is 9.59 Å². The van der Waals surface area contributed by atoms with Gasteiger partial charge in [0.05, 0.1) is 10.1 Å². The second kappa shape index (κ2) is 9.18. The van der Waals surface area contributed by atoms with Gasteiger partial charge in [0.25, 0.3) is 0 Å². The largest absolute Gasteiger partial charge is 0.356 e. The highest BCUT2D eigenvalue weighted by Crippen LogP contribution is 2.31. The van der Waals surface area contributed by atoms with Crippen LogP contribution in [0.25, 0.3) is 0 Å². The lowest BCUT2D eigenvalue weighted by Gasteiger charge is -2.16. The molecule has 0 saturated heterocycles. The molecular formula is C22H25ClN2O4S. The molecule has 0 bridgehead atoms. The molecule has 0 spiro atoms. The molecule has 2 aromatic carbocycles. The first kappa shape index (κ1) is 22.3. The van der Waals surface area contributed by atoms with E-state index >= 15 is 0 Å². The Labute approximate surface area is 182 Å². The number of nitrogens with one attached hydrogen (secondary N) is 1. The van der Waals surface area contributed by atoms with Gasteiger partial charge < -0.3 is 10.2 Å². The van der Waals surface area contributed by atoms with Crippen LogP contribution in [0.4, 0.5) is 5.69 Å². The lowest BCUT2D eigenvalue weighted by Crippen LogP contribution is -2.31. The highest BCUT2D eigenvalue weighted by molar-refractivity contribution is 7.92. The van der Waals surface area contributed by atoms with Crippen molar-refractivity contribution in [3.8, 4) is 0 Å². The van der Waals surface area contributed by atoms with Gasteiger partial charge >= 0.3 is 0 Å². The minimum Gasteiger partial charge on any atom is -0.356 e. The van der Waals surface area contributed by atoms with Crippen molar-refractivity contribution >= 4 is 38.9 Å². The summed E-state index contributed by atoms with van der Waals surface area (Å²) in [5, 5.41) is 2.58. The molecule has 6 nitrogen and oxygen atoms in total. The number of anilines is 1. The van der Waals surface area contributed by atoms with E-state index in [0.29, 0.717) is 31.0 Å². The Hall–Kier alpha value is -2.38. The summed E-state index contributed by atoms with van der Waals surface area (Å²) in [6.45, 7) is 4.02. The second-order valence-corrected chi connectivity index (χ2v) is 10.3. The maximum Gasteiger partial charge on any atom is 0.223 e. The number of carbonyl (C=O) groups is 2. The summed E-state index contributed by atoms with van der Waals surface area (Å²) >= 11 is 5.85. The average molecular weight is 449 g/mol. The minimum absolute atomic E-state index is 0.0620. The summed E-state index contributed by atoms with van der Waals surface area (Å²) in [5.41, 5.74) is 2.64. The van der Waals surface area contributed by atoms with E-state index in [1.54, 1.807) is 36.1 Å². The van der Waals surface area contributed by atoms with Crippen LogP contribution in [0.3, 0.4) is 0 Å². The molecule has 0 aromatic heterocycles. The molecule has 1 N–H and O–H groups in total. The molecule has 1 atom stereocenters. The van der Waals surface area contributed by atoms with Crippen molar-refractivity contribution in [2.75, 3.05) is 18.0 Å². The summed E-state index contributed by atoms with van der Waals surface area (Å²) in [6, 6.07) is 12.2. The highest BCUT2D eigenvalue weighted by atomic mass is 35.5. The first-order chi connectivity index (χ1) is 14.2. The van der Waals surface area contributed by atoms with Crippen molar-refractivity contribution in [1.82, 2.24) is 5.32 Å². The van der Waals surface area contributed by atoms with Crippen LogP contribution in [-0.2, 0) is 32.3 Å². The van der Waals surface area contributed by atoms with E-state index in [0.717, 1.165) is 16.8 Å². The van der Waals surface area contributed by atoms with Gasteiger partial charge in [0.1, 0.15) is 0 Å². The van der Waals surface area contributed by atoms with Crippen LogP contribution in [0.5, 0.6) is 0 Å². The van der Waals surface area contributed by atoms with Crippen molar-refractivity contribution in [2.45, 2.75) is 43.3 Å². The molecule has 0 aliphatic carbocycles. The summed E-state index contributed by atoms with van der Waals surface area (Å²) in [7, 11) is -3.65. The number of carbonyl (C=O) groups excluding carboxylic acids is 2. The third-order valence-corrected chi connectivity index (χ3v) is 7.70. The zero-order chi connectivity index (χ0) is 21.9. The van der Waals surface area contributed by atoms with E-state index in [1.807, 2.05) is 12.1 Å². The Morgan fingerprint density at radius 1 is 1.17 bits per heavy atom. The third kappa shape index (κ3) is 5.02. The molecule has 160 valence electrons. The van der Waals surface area contributed by atoms with Crippen molar-refractivity contribution in [2.24, 2.45) is 0 Å². The molecule has 8 heteroatoms. The predicted molar refractivity (Wildman–Crippen MR) is 118 cm³/mol. The van der Waals surface area contributed by atoms with Gasteiger partial charge in [-0.05, 0) is 61.2 Å². The molecule has 1 aliphatic rings. The van der Waals surface area contributed by atoms with Gasteiger partial charge in [0, 0.05) is 37.1 Å². The fraction of sp³-hybridized carbons (Fsp3) is 0.364. The van der Waals surface area contributed by atoms with Crippen LogP contribution in [0.2, 0.25) is 5.02 Å². The lowest BCUT2D eigenvalue weighted by molar-refractivity contribution is -0.121. The van der Waals surface area contributed by atoms with Gasteiger partial charge in [-0.1, -0.05) is 23.7 Å². The van der Waals surface area contributed by atoms with Crippen LogP contribution >= 0.6 is 11.6 Å². The number of halogens is 1. The molecule has 30 heavy (non-hydrogen) atoms. The highest BCUT2D eigenvalue weighted by Gasteiger charge is 2.29. The average Bonchev–Trinajstić information content (AvgIpc) is 3.13. The van der Waals surface area contributed by atoms with Gasteiger partial charge in [-0.15, -0.1) is 0 Å². The van der Waals surface area contributed by atoms with Crippen molar-refractivity contribution < 1.29 is 18.0 Å². The molecule has 3 rings (SSSR count). The number of hydrogen-bond donors (Lipinski definition) is 1. The number of rotatable bonds is 7. The van der Waals surface area contributed by atoms with Crippen LogP contribution in [0.1, 0.15) is 31.4 Å². The summed E-state index contributed by atoms with van der Waals surface area (Å²) < 4.78 is 25.9. The van der Waals surface area contributed by atoms with Crippen molar-refractivity contribution in [3.05, 3.63) is 58.6 Å². The minimum atomic E-state index is -3.65. The normalized spacial score (nSPS) is 14.3. The topological polar surface area (TPSA) is 83.6 Å². The summed E-state index contributed by atoms with van der Waals surface area (Å²) in [5.74, 6) is -0.364. The van der Waals surface area contributed by atoms with Crippen molar-refractivity contribution in [1.29, 1.82) is 0 Å². The Morgan fingerprint density at radius 2 is 1.87 bits per heavy atom. The van der Waals surface area contributed by atoms with Crippen LogP contribution in [0.15, 0.2) is 47.4 Å². The van der Waals surface area contributed by atoms with E-state index in [-0.39, 0.29) is 23.1 Å². The second-order valence-electron chi connectivity index (χ2n) is 7.50. The van der Waals surface area contributed by atoms with Crippen molar-refractivity contribution in [3.63, 3.8) is 0 Å². The van der Waals surface area contributed by atoms with E-state index in [9.17, 15) is 18.0 Å². The van der Waals surface area contributed by atoms with Gasteiger partial charge in [0.2, 0.25) is 11.8 Å². The molecule has 2 aromatic rings. The molecule has 0 radical (unpaired) electrons. The number of fused-ring (bicyclic) bond motifs is 1. The number of benzene rings is 2. The number of amides is 2. The van der Waals surface area contributed by atoms with E-state index < -0.39 is 15.1 Å². The molecule has 1 aliphatic heterocycles. The molecule has 2 amide bonds. The van der Waals surface area contributed by atoms with E-state index in [4.69, 9.17) is 11.6 Å². The monoisotopic (exact) mass is 448 g/mol. The lowest BCUT2D eigenvalue weighted by atomic mass is 10.1. The molecule has 0 saturated carbocycles. The van der Waals surface area contributed by atoms with Crippen LogP contribution in [0, 0.1) is 0 Å². The molecule has 0 unspecified atom stereocenters. The van der Waals surface area contributed by atoms with Gasteiger partial charge in [-0.2, -0.15) is 0 Å². The standard InChI is InChI=1S/C22H25ClN2O4S/c1-15(13-22(27)24-11-9-17-3-5-19(23)6-4-17)30(28,29)20-7-8-21-18(14-20)10-12-25(21)16(2)26/h3-8,14-15H,9-13H2,1-2H3,(H,24,27)/t15-/m1/s1. The number of hydrogen-bond acceptors (Lipinski definition) is 4. The Morgan fingerprint density at radius 3 is 2.53 bits per heavy atom. The maximum absolute atomic E-state index is 12.9. The SMILES string of the molecule is CC(=O)N1CCc2cc(S(=O)(=O)[C@H](C)CC(=O)NCCc3ccc(Cl)cc3)ccc21. The Kier molecular flexibility index (Phi) is 6.83. The smallest absolute Gasteiger partial charge is 0.223 e. The van der Waals surface area contributed by atoms with E-state index in [1.165, 1.54) is 13.0 Å². The molecule has 0 fully saturated rings. The predicted octanol–water partition coefficient (Wildman–Crippen LogP) is 3.16. The number of sulfone groups is 1. The van der Waals surface area contributed by atoms with E-state index in [2.05, 4.69) is 5.32 Å². The molecular weight excluding hydrogens is 424 g/mol. The summed E-state index contributed by atoms with van der Waals surface area (Å²) in [4.78, 5) is 25.7. The number of nitrogens with zero attached hydrogens (tertiary/aromatic N) is 1. The Bertz CT molecular complexity index is 1050. The van der Waals surface area contributed by atoms with Gasteiger partial charge in [-0.25, -0.2) is 8.42 Å². The maximum atomic E-state index is 12.9. The Balaban J connectivity index is 1.59. The summed E-state index contributed by atoms with van der Waals surface area (Å²) in [6.07, 6.45) is 1.15. The zero-order valence-corrected chi connectivity index (χ0v) is 18.6. The quantitative estimate of drug-likeness (QED) is 0.705. The molecule has 1 heterocycles.